The van der Waals surface area contributed by atoms with Gasteiger partial charge in [0, 0.05) is 5.69 Å². The number of nitrogens with one attached hydrogen (secondary N) is 1. The number of carbonyl (C=O) groups excluding carboxylic acids is 1. The van der Waals surface area contributed by atoms with Crippen molar-refractivity contribution in [2.75, 3.05) is 5.32 Å². The number of anilines is 1. The van der Waals surface area contributed by atoms with Gasteiger partial charge in [0.25, 0.3) is 0 Å². The topological polar surface area (TPSA) is 29.1 Å². The van der Waals surface area contributed by atoms with E-state index in [1.54, 1.807) is 0 Å². The van der Waals surface area contributed by atoms with Crippen LogP contribution in [0.5, 0.6) is 0 Å². The summed E-state index contributed by atoms with van der Waals surface area (Å²) in [6.07, 6.45) is -4.13. The zero-order valence-electron chi connectivity index (χ0n) is 8.89. The molecule has 2 rings (SSSR count). The summed E-state index contributed by atoms with van der Waals surface area (Å²) >= 11 is 11.4. The number of alkyl halides is 5. The molecule has 98 valence electrons. The maximum atomic E-state index is 12.4. The summed E-state index contributed by atoms with van der Waals surface area (Å²) < 4.78 is 36.2. The summed E-state index contributed by atoms with van der Waals surface area (Å²) in [5, 5.41) is 2.36. The maximum Gasteiger partial charge on any atom is 0.416 e. The minimum atomic E-state index is -4.44. The SMILES string of the molecule is O=C(Nc1cccc(C(F)(F)F)c1)C1CC1(Cl)Cl. The number of benzene rings is 1. The quantitative estimate of drug-likeness (QED) is 0.826. The van der Waals surface area contributed by atoms with Gasteiger partial charge in [0.05, 0.1) is 11.5 Å². The fraction of sp³-hybridized carbons (Fsp3) is 0.364. The van der Waals surface area contributed by atoms with Crippen LogP contribution in [0.25, 0.3) is 0 Å². The van der Waals surface area contributed by atoms with Crippen molar-refractivity contribution in [3.63, 3.8) is 0 Å². The Balaban J connectivity index is 2.09. The van der Waals surface area contributed by atoms with E-state index < -0.39 is 27.9 Å². The first-order valence-electron chi connectivity index (χ1n) is 5.06. The van der Waals surface area contributed by atoms with Crippen LogP contribution in [0.3, 0.4) is 0 Å². The van der Waals surface area contributed by atoms with Gasteiger partial charge in [-0.1, -0.05) is 6.07 Å². The summed E-state index contributed by atoms with van der Waals surface area (Å²) in [6.45, 7) is 0. The molecule has 1 atom stereocenters. The number of amides is 1. The fourth-order valence-corrected chi connectivity index (χ4v) is 2.01. The normalized spacial score (nSPS) is 21.5. The summed E-state index contributed by atoms with van der Waals surface area (Å²) in [5.41, 5.74) is -0.745. The Bertz CT molecular complexity index is 487. The van der Waals surface area contributed by atoms with Crippen LogP contribution in [0, 0.1) is 5.92 Å². The lowest BCUT2D eigenvalue weighted by atomic mass is 10.2. The van der Waals surface area contributed by atoms with Crippen LogP contribution < -0.4 is 5.32 Å². The molecule has 0 aliphatic heterocycles. The van der Waals surface area contributed by atoms with E-state index in [1.165, 1.54) is 12.1 Å². The number of carbonyl (C=O) groups is 1. The molecule has 18 heavy (non-hydrogen) atoms. The zero-order chi connectivity index (χ0) is 13.6. The average Bonchev–Trinajstić information content (AvgIpc) is 2.87. The van der Waals surface area contributed by atoms with Crippen LogP contribution >= 0.6 is 23.2 Å². The molecule has 1 aliphatic carbocycles. The second kappa shape index (κ2) is 4.31. The standard InChI is InChI=1S/C11H8Cl2F3NO/c12-10(13)5-8(10)9(18)17-7-3-1-2-6(4-7)11(14,15)16/h1-4,8H,5H2,(H,17,18). The first-order valence-corrected chi connectivity index (χ1v) is 5.82. The number of hydrogen-bond acceptors (Lipinski definition) is 1. The van der Waals surface area contributed by atoms with Crippen LogP contribution in [-0.2, 0) is 11.0 Å². The van der Waals surface area contributed by atoms with Gasteiger partial charge < -0.3 is 5.32 Å². The molecule has 1 unspecified atom stereocenters. The van der Waals surface area contributed by atoms with Gasteiger partial charge in [0.1, 0.15) is 4.33 Å². The molecule has 1 aromatic rings. The van der Waals surface area contributed by atoms with E-state index in [-0.39, 0.29) is 5.69 Å². The monoisotopic (exact) mass is 297 g/mol. The third-order valence-electron chi connectivity index (χ3n) is 2.60. The van der Waals surface area contributed by atoms with Crippen LogP contribution in [0.4, 0.5) is 18.9 Å². The highest BCUT2D eigenvalue weighted by molar-refractivity contribution is 6.52. The average molecular weight is 298 g/mol. The molecule has 0 radical (unpaired) electrons. The van der Waals surface area contributed by atoms with E-state index in [0.717, 1.165) is 12.1 Å². The third kappa shape index (κ3) is 2.90. The minimum Gasteiger partial charge on any atom is -0.326 e. The largest absolute Gasteiger partial charge is 0.416 e. The van der Waals surface area contributed by atoms with Crippen LogP contribution in [0.2, 0.25) is 0 Å². The molecule has 1 aromatic carbocycles. The van der Waals surface area contributed by atoms with Crippen LogP contribution in [0.1, 0.15) is 12.0 Å². The second-order valence-electron chi connectivity index (χ2n) is 4.09. The maximum absolute atomic E-state index is 12.4. The Morgan fingerprint density at radius 1 is 1.39 bits per heavy atom. The molecule has 0 bridgehead atoms. The first kappa shape index (κ1) is 13.5. The van der Waals surface area contributed by atoms with Gasteiger partial charge >= 0.3 is 6.18 Å². The Morgan fingerprint density at radius 3 is 2.50 bits per heavy atom. The van der Waals surface area contributed by atoms with Crippen molar-refractivity contribution in [2.24, 2.45) is 5.92 Å². The van der Waals surface area contributed by atoms with Crippen molar-refractivity contribution in [3.8, 4) is 0 Å². The lowest BCUT2D eigenvalue weighted by molar-refractivity contribution is -0.137. The molecular weight excluding hydrogens is 290 g/mol. The molecule has 7 heteroatoms. The predicted molar refractivity (Wildman–Crippen MR) is 62.6 cm³/mol. The Morgan fingerprint density at radius 2 is 2.00 bits per heavy atom. The molecular formula is C11H8Cl2F3NO. The van der Waals surface area contributed by atoms with Gasteiger partial charge in [-0.05, 0) is 24.6 Å². The fourth-order valence-electron chi connectivity index (χ4n) is 1.50. The van der Waals surface area contributed by atoms with Crippen molar-refractivity contribution in [1.29, 1.82) is 0 Å². The molecule has 1 aliphatic rings. The number of hydrogen-bond donors (Lipinski definition) is 1. The lowest BCUT2D eigenvalue weighted by Crippen LogP contribution is -2.17. The lowest BCUT2D eigenvalue weighted by Gasteiger charge is -2.09. The Hall–Kier alpha value is -0.940. The number of halogens is 5. The molecule has 0 saturated heterocycles. The smallest absolute Gasteiger partial charge is 0.326 e. The Kier molecular flexibility index (Phi) is 3.23. The minimum absolute atomic E-state index is 0.0749. The first-order chi connectivity index (χ1) is 8.20. The van der Waals surface area contributed by atoms with Gasteiger partial charge in [0.2, 0.25) is 5.91 Å². The van der Waals surface area contributed by atoms with Crippen molar-refractivity contribution < 1.29 is 18.0 Å². The van der Waals surface area contributed by atoms with Crippen LogP contribution in [0.15, 0.2) is 24.3 Å². The Labute approximate surface area is 111 Å². The van der Waals surface area contributed by atoms with E-state index in [1.807, 2.05) is 0 Å². The molecule has 1 fully saturated rings. The molecule has 0 heterocycles. The molecule has 0 aromatic heterocycles. The molecule has 0 spiro atoms. The van der Waals surface area contributed by atoms with Gasteiger partial charge in [0.15, 0.2) is 0 Å². The third-order valence-corrected chi connectivity index (χ3v) is 3.44. The molecule has 1 N–H and O–H groups in total. The predicted octanol–water partition coefficient (Wildman–Crippen LogP) is 3.84. The summed E-state index contributed by atoms with van der Waals surface area (Å²) in [5.74, 6) is -1.05. The molecule has 2 nitrogen and oxygen atoms in total. The van der Waals surface area contributed by atoms with E-state index in [0.29, 0.717) is 6.42 Å². The van der Waals surface area contributed by atoms with Crippen molar-refractivity contribution >= 4 is 34.8 Å². The summed E-state index contributed by atoms with van der Waals surface area (Å²) in [4.78, 5) is 11.6. The molecule has 1 saturated carbocycles. The summed E-state index contributed by atoms with van der Waals surface area (Å²) in [7, 11) is 0. The van der Waals surface area contributed by atoms with E-state index in [4.69, 9.17) is 23.2 Å². The highest BCUT2D eigenvalue weighted by Gasteiger charge is 2.56. The van der Waals surface area contributed by atoms with Gasteiger partial charge in [-0.25, -0.2) is 0 Å². The molecule has 1 amide bonds. The zero-order valence-corrected chi connectivity index (χ0v) is 10.4. The van der Waals surface area contributed by atoms with Crippen LogP contribution in [-0.4, -0.2) is 10.2 Å². The number of rotatable bonds is 2. The second-order valence-corrected chi connectivity index (χ2v) is 5.63. The van der Waals surface area contributed by atoms with Crippen molar-refractivity contribution in [1.82, 2.24) is 0 Å². The van der Waals surface area contributed by atoms with Gasteiger partial charge in [-0.2, -0.15) is 13.2 Å². The van der Waals surface area contributed by atoms with E-state index in [2.05, 4.69) is 5.32 Å². The van der Waals surface area contributed by atoms with Gasteiger partial charge in [-0.15, -0.1) is 23.2 Å². The van der Waals surface area contributed by atoms with Gasteiger partial charge in [-0.3, -0.25) is 4.79 Å². The highest BCUT2D eigenvalue weighted by Crippen LogP contribution is 2.53. The van der Waals surface area contributed by atoms with E-state index >= 15 is 0 Å². The van der Waals surface area contributed by atoms with Crippen molar-refractivity contribution in [2.45, 2.75) is 16.9 Å². The van der Waals surface area contributed by atoms with Crippen molar-refractivity contribution in [3.05, 3.63) is 29.8 Å². The van der Waals surface area contributed by atoms with E-state index in [9.17, 15) is 18.0 Å². The summed E-state index contributed by atoms with van der Waals surface area (Å²) in [6, 6.07) is 4.39. The highest BCUT2D eigenvalue weighted by atomic mass is 35.5.